The normalized spacial score (nSPS) is 21.4. The molecule has 0 radical (unpaired) electrons. The number of allylic oxidation sites excluding steroid dienone is 1. The maximum absolute atomic E-state index is 12.2. The molecular formula is C16H18INO4. The number of carbonyl (C=O) groups is 2. The van der Waals surface area contributed by atoms with Crippen molar-refractivity contribution >= 4 is 34.3 Å². The SMILES string of the molecule is COC(=O)C1(C)CC(=O)C(I)=CN1Cc1ccc(OC)cc1. The van der Waals surface area contributed by atoms with Gasteiger partial charge in [0.05, 0.1) is 17.8 Å². The molecule has 1 atom stereocenters. The number of Topliss-reactive ketones (excluding diaryl/α,β-unsaturated/α-hetero) is 1. The van der Waals surface area contributed by atoms with Gasteiger partial charge in [0.15, 0.2) is 5.78 Å². The summed E-state index contributed by atoms with van der Waals surface area (Å²) in [5, 5.41) is 0. The number of hydrogen-bond donors (Lipinski definition) is 0. The Balaban J connectivity index is 2.31. The Morgan fingerprint density at radius 1 is 1.32 bits per heavy atom. The van der Waals surface area contributed by atoms with Crippen molar-refractivity contribution in [3.63, 3.8) is 0 Å². The predicted molar refractivity (Wildman–Crippen MR) is 90.7 cm³/mol. The van der Waals surface area contributed by atoms with Crippen LogP contribution < -0.4 is 4.74 Å². The van der Waals surface area contributed by atoms with Crippen LogP contribution >= 0.6 is 22.6 Å². The van der Waals surface area contributed by atoms with Gasteiger partial charge in [-0.25, -0.2) is 4.79 Å². The molecule has 0 saturated carbocycles. The summed E-state index contributed by atoms with van der Waals surface area (Å²) in [5.41, 5.74) is 0.0335. The van der Waals surface area contributed by atoms with Gasteiger partial charge in [-0.3, -0.25) is 4.79 Å². The van der Waals surface area contributed by atoms with Gasteiger partial charge in [-0.15, -0.1) is 0 Å². The molecular weight excluding hydrogens is 397 g/mol. The third-order valence-electron chi connectivity index (χ3n) is 3.81. The minimum absolute atomic E-state index is 0.0421. The van der Waals surface area contributed by atoms with Crippen molar-refractivity contribution in [3.05, 3.63) is 39.6 Å². The van der Waals surface area contributed by atoms with Crippen molar-refractivity contribution in [2.75, 3.05) is 14.2 Å². The highest BCUT2D eigenvalue weighted by Gasteiger charge is 2.44. The Morgan fingerprint density at radius 2 is 1.95 bits per heavy atom. The van der Waals surface area contributed by atoms with Gasteiger partial charge < -0.3 is 14.4 Å². The van der Waals surface area contributed by atoms with Crippen LogP contribution in [-0.2, 0) is 20.9 Å². The molecule has 1 aromatic carbocycles. The summed E-state index contributed by atoms with van der Waals surface area (Å²) in [7, 11) is 2.96. The highest BCUT2D eigenvalue weighted by Crippen LogP contribution is 2.33. The molecule has 1 aromatic rings. The summed E-state index contributed by atoms with van der Waals surface area (Å²) in [6, 6.07) is 7.62. The van der Waals surface area contributed by atoms with E-state index in [2.05, 4.69) is 0 Å². The first-order valence-corrected chi connectivity index (χ1v) is 7.87. The molecule has 118 valence electrons. The van der Waals surface area contributed by atoms with E-state index >= 15 is 0 Å². The Kier molecular flexibility index (Phi) is 5.10. The van der Waals surface area contributed by atoms with Gasteiger partial charge in [0.2, 0.25) is 0 Å². The molecule has 2 rings (SSSR count). The molecule has 1 unspecified atom stereocenters. The van der Waals surface area contributed by atoms with E-state index in [0.29, 0.717) is 10.1 Å². The number of ether oxygens (including phenoxy) is 2. The fraction of sp³-hybridized carbons (Fsp3) is 0.375. The van der Waals surface area contributed by atoms with E-state index in [0.717, 1.165) is 11.3 Å². The maximum atomic E-state index is 12.2. The van der Waals surface area contributed by atoms with E-state index in [1.165, 1.54) is 7.11 Å². The molecule has 5 nitrogen and oxygen atoms in total. The highest BCUT2D eigenvalue weighted by molar-refractivity contribution is 14.1. The van der Waals surface area contributed by atoms with Crippen LogP contribution in [0.5, 0.6) is 5.75 Å². The number of methoxy groups -OCH3 is 2. The van der Waals surface area contributed by atoms with E-state index in [9.17, 15) is 9.59 Å². The van der Waals surface area contributed by atoms with Crippen LogP contribution in [0.3, 0.4) is 0 Å². The van der Waals surface area contributed by atoms with Crippen molar-refractivity contribution in [1.29, 1.82) is 0 Å². The number of esters is 1. The van der Waals surface area contributed by atoms with Gasteiger partial charge in [-0.2, -0.15) is 0 Å². The average Bonchev–Trinajstić information content (AvgIpc) is 2.52. The fourth-order valence-electron chi connectivity index (χ4n) is 2.41. The van der Waals surface area contributed by atoms with Gasteiger partial charge in [0.1, 0.15) is 11.3 Å². The lowest BCUT2D eigenvalue weighted by molar-refractivity contribution is -0.155. The standard InChI is InChI=1S/C16H18INO4/c1-16(15(20)22-3)8-14(19)13(17)10-18(16)9-11-4-6-12(21-2)7-5-11/h4-7,10H,8-9H2,1-3H3. The minimum atomic E-state index is -0.986. The van der Waals surface area contributed by atoms with Gasteiger partial charge >= 0.3 is 5.97 Å². The number of nitrogens with zero attached hydrogens (tertiary/aromatic N) is 1. The summed E-state index contributed by atoms with van der Waals surface area (Å²) >= 11 is 2.00. The summed E-state index contributed by atoms with van der Waals surface area (Å²) in [6.45, 7) is 2.25. The average molecular weight is 415 g/mol. The topological polar surface area (TPSA) is 55.8 Å². The lowest BCUT2D eigenvalue weighted by Gasteiger charge is -2.40. The third-order valence-corrected chi connectivity index (χ3v) is 4.69. The van der Waals surface area contributed by atoms with Crippen LogP contribution in [0.15, 0.2) is 34.0 Å². The molecule has 22 heavy (non-hydrogen) atoms. The monoisotopic (exact) mass is 415 g/mol. The zero-order chi connectivity index (χ0) is 16.3. The van der Waals surface area contributed by atoms with Crippen molar-refractivity contribution < 1.29 is 19.1 Å². The number of rotatable bonds is 4. The number of benzene rings is 1. The van der Waals surface area contributed by atoms with Crippen LogP contribution in [-0.4, -0.2) is 36.4 Å². The first-order valence-electron chi connectivity index (χ1n) is 6.79. The fourth-order valence-corrected chi connectivity index (χ4v) is 2.93. The van der Waals surface area contributed by atoms with Crippen molar-refractivity contribution in [3.8, 4) is 5.75 Å². The molecule has 1 aliphatic rings. The summed E-state index contributed by atoms with van der Waals surface area (Å²) < 4.78 is 10.7. The minimum Gasteiger partial charge on any atom is -0.497 e. The van der Waals surface area contributed by atoms with Gasteiger partial charge in [-0.05, 0) is 47.2 Å². The van der Waals surface area contributed by atoms with Crippen LogP contribution in [0.4, 0.5) is 0 Å². The lowest BCUT2D eigenvalue weighted by Crippen LogP contribution is -2.53. The lowest BCUT2D eigenvalue weighted by atomic mass is 9.90. The number of carbonyl (C=O) groups excluding carboxylic acids is 2. The zero-order valence-corrected chi connectivity index (χ0v) is 14.9. The van der Waals surface area contributed by atoms with Crippen LogP contribution in [0.25, 0.3) is 0 Å². The molecule has 0 aliphatic carbocycles. The number of hydrogen-bond acceptors (Lipinski definition) is 5. The van der Waals surface area contributed by atoms with E-state index in [1.54, 1.807) is 20.2 Å². The Labute approximate surface area is 143 Å². The molecule has 0 aromatic heterocycles. The van der Waals surface area contributed by atoms with E-state index in [4.69, 9.17) is 9.47 Å². The number of ketones is 1. The highest BCUT2D eigenvalue weighted by atomic mass is 127. The Hall–Kier alpha value is -1.57. The van der Waals surface area contributed by atoms with Crippen molar-refractivity contribution in [1.82, 2.24) is 4.90 Å². The number of halogens is 1. The second-order valence-corrected chi connectivity index (χ2v) is 6.48. The van der Waals surface area contributed by atoms with Crippen molar-refractivity contribution in [2.24, 2.45) is 0 Å². The molecule has 0 fully saturated rings. The Morgan fingerprint density at radius 3 is 2.50 bits per heavy atom. The Bertz CT molecular complexity index is 611. The van der Waals surface area contributed by atoms with E-state index in [1.807, 2.05) is 51.8 Å². The third kappa shape index (κ3) is 3.26. The maximum Gasteiger partial charge on any atom is 0.331 e. The molecule has 0 spiro atoms. The first-order chi connectivity index (χ1) is 10.4. The van der Waals surface area contributed by atoms with Gasteiger partial charge in [0.25, 0.3) is 0 Å². The largest absolute Gasteiger partial charge is 0.497 e. The molecule has 1 heterocycles. The second-order valence-electron chi connectivity index (χ2n) is 5.32. The predicted octanol–water partition coefficient (Wildman–Crippen LogP) is 2.68. The molecule has 0 N–H and O–H groups in total. The van der Waals surface area contributed by atoms with Crippen molar-refractivity contribution in [2.45, 2.75) is 25.4 Å². The van der Waals surface area contributed by atoms with E-state index in [-0.39, 0.29) is 12.2 Å². The molecule has 6 heteroatoms. The smallest absolute Gasteiger partial charge is 0.331 e. The summed E-state index contributed by atoms with van der Waals surface area (Å²) in [5.74, 6) is 0.326. The molecule has 0 bridgehead atoms. The quantitative estimate of drug-likeness (QED) is 0.559. The van der Waals surface area contributed by atoms with Crippen LogP contribution in [0, 0.1) is 0 Å². The molecule has 0 amide bonds. The van der Waals surface area contributed by atoms with Crippen LogP contribution in [0.2, 0.25) is 0 Å². The summed E-state index contributed by atoms with van der Waals surface area (Å²) in [6.07, 6.45) is 1.85. The van der Waals surface area contributed by atoms with Gasteiger partial charge in [-0.1, -0.05) is 12.1 Å². The summed E-state index contributed by atoms with van der Waals surface area (Å²) in [4.78, 5) is 26.0. The van der Waals surface area contributed by atoms with E-state index < -0.39 is 11.5 Å². The second kappa shape index (κ2) is 6.68. The first kappa shape index (κ1) is 16.8. The molecule has 1 aliphatic heterocycles. The molecule has 0 saturated heterocycles. The zero-order valence-electron chi connectivity index (χ0n) is 12.8. The van der Waals surface area contributed by atoms with Crippen LogP contribution in [0.1, 0.15) is 18.9 Å². The van der Waals surface area contributed by atoms with Gasteiger partial charge in [0, 0.05) is 19.2 Å².